The van der Waals surface area contributed by atoms with Gasteiger partial charge in [-0.05, 0) is 75.8 Å². The summed E-state index contributed by atoms with van der Waals surface area (Å²) in [6, 6.07) is 2.99. The number of aromatic hydroxyl groups is 2. The lowest BCUT2D eigenvalue weighted by Crippen LogP contribution is -2.30. The van der Waals surface area contributed by atoms with Crippen LogP contribution in [-0.2, 0) is 0 Å². The molecule has 2 aromatic rings. The molecule has 0 atom stereocenters. The summed E-state index contributed by atoms with van der Waals surface area (Å²) in [5, 5.41) is 27.6. The molecule has 0 aliphatic heterocycles. The Morgan fingerprint density at radius 1 is 1.23 bits per heavy atom. The molecule has 7 heteroatoms. The Labute approximate surface area is 182 Å². The van der Waals surface area contributed by atoms with E-state index in [1.807, 2.05) is 20.8 Å². The molecule has 6 nitrogen and oxygen atoms in total. The summed E-state index contributed by atoms with van der Waals surface area (Å²) in [7, 11) is 0. The van der Waals surface area contributed by atoms with Crippen molar-refractivity contribution < 1.29 is 23.9 Å². The minimum Gasteiger partial charge on any atom is -0.508 e. The Hall–Kier alpha value is -2.57. The van der Waals surface area contributed by atoms with E-state index in [1.165, 1.54) is 6.07 Å². The van der Waals surface area contributed by atoms with Crippen LogP contribution < -0.4 is 5.32 Å². The molecular weight excluding hydrogens is 399 g/mol. The van der Waals surface area contributed by atoms with E-state index in [0.29, 0.717) is 54.7 Å². The fraction of sp³-hybridized carbons (Fsp3) is 0.583. The topological polar surface area (TPSA) is 95.6 Å². The maximum atomic E-state index is 14.5. The number of hydrogen-bond acceptors (Lipinski definition) is 5. The van der Waals surface area contributed by atoms with Gasteiger partial charge in [0, 0.05) is 18.2 Å². The van der Waals surface area contributed by atoms with Crippen LogP contribution >= 0.6 is 0 Å². The van der Waals surface area contributed by atoms with Crippen molar-refractivity contribution in [3.8, 4) is 22.8 Å². The minimum absolute atomic E-state index is 0.00644. The predicted molar refractivity (Wildman–Crippen MR) is 117 cm³/mol. The second-order valence-corrected chi connectivity index (χ2v) is 9.33. The van der Waals surface area contributed by atoms with Gasteiger partial charge in [-0.2, -0.15) is 0 Å². The summed E-state index contributed by atoms with van der Waals surface area (Å²) in [5.74, 6) is -0.169. The average Bonchev–Trinajstić information content (AvgIpc) is 3.12. The van der Waals surface area contributed by atoms with Crippen molar-refractivity contribution in [1.82, 2.24) is 10.5 Å². The third kappa shape index (κ3) is 4.70. The van der Waals surface area contributed by atoms with Gasteiger partial charge in [-0.25, -0.2) is 4.39 Å². The lowest BCUT2D eigenvalue weighted by atomic mass is 9.73. The molecule has 170 valence electrons. The van der Waals surface area contributed by atoms with Gasteiger partial charge in [-0.1, -0.05) is 19.0 Å². The van der Waals surface area contributed by atoms with E-state index in [9.17, 15) is 19.4 Å². The van der Waals surface area contributed by atoms with Crippen LogP contribution in [0.5, 0.6) is 11.5 Å². The zero-order chi connectivity index (χ0) is 22.9. The van der Waals surface area contributed by atoms with E-state index < -0.39 is 5.67 Å². The fourth-order valence-corrected chi connectivity index (χ4v) is 4.59. The molecule has 1 aliphatic carbocycles. The smallest absolute Gasteiger partial charge is 0.273 e. The summed E-state index contributed by atoms with van der Waals surface area (Å²) in [5.41, 5.74) is 0.673. The van der Waals surface area contributed by atoms with Gasteiger partial charge in [-0.15, -0.1) is 0 Å². The van der Waals surface area contributed by atoms with E-state index in [0.717, 1.165) is 0 Å². The van der Waals surface area contributed by atoms with Crippen LogP contribution in [0.1, 0.15) is 93.8 Å². The molecule has 3 N–H and O–H groups in total. The van der Waals surface area contributed by atoms with Gasteiger partial charge in [0.2, 0.25) is 0 Å². The summed E-state index contributed by atoms with van der Waals surface area (Å²) >= 11 is 0. The van der Waals surface area contributed by atoms with Crippen molar-refractivity contribution in [2.45, 2.75) is 77.8 Å². The Bertz CT molecular complexity index is 938. The van der Waals surface area contributed by atoms with Crippen molar-refractivity contribution in [3.63, 3.8) is 0 Å². The molecule has 1 aromatic carbocycles. The molecular formula is C24H33FN2O4. The molecule has 1 aliphatic rings. The van der Waals surface area contributed by atoms with Crippen molar-refractivity contribution >= 4 is 5.91 Å². The molecule has 3 rings (SSSR count). The van der Waals surface area contributed by atoms with E-state index in [2.05, 4.69) is 10.5 Å². The highest BCUT2D eigenvalue weighted by Gasteiger charge is 2.37. The van der Waals surface area contributed by atoms with E-state index >= 15 is 0 Å². The van der Waals surface area contributed by atoms with Crippen LogP contribution in [0.25, 0.3) is 11.3 Å². The summed E-state index contributed by atoms with van der Waals surface area (Å²) in [6.07, 6.45) is 2.81. The molecule has 31 heavy (non-hydrogen) atoms. The third-order valence-electron chi connectivity index (χ3n) is 6.40. The van der Waals surface area contributed by atoms with Crippen LogP contribution in [0.15, 0.2) is 16.7 Å². The fourth-order valence-electron chi connectivity index (χ4n) is 4.59. The van der Waals surface area contributed by atoms with Crippen molar-refractivity contribution in [2.75, 3.05) is 6.54 Å². The standard InChI is InChI=1S/C24H33FN2O4/c1-6-26-23(30)21-20(14-7-9-15(10-8-14)24(4,5)25)22(31-27-21)17-11-16(13(2)3)18(28)12-19(17)29/h11-15,28-29H,6-10H2,1-5H3,(H,26,30). The van der Waals surface area contributed by atoms with Gasteiger partial charge >= 0.3 is 0 Å². The Kier molecular flexibility index (Phi) is 6.62. The third-order valence-corrected chi connectivity index (χ3v) is 6.40. The monoisotopic (exact) mass is 432 g/mol. The van der Waals surface area contributed by atoms with E-state index in [4.69, 9.17) is 4.52 Å². The number of alkyl halides is 1. The highest BCUT2D eigenvalue weighted by Crippen LogP contribution is 2.47. The van der Waals surface area contributed by atoms with Gasteiger partial charge in [0.1, 0.15) is 17.2 Å². The molecule has 0 unspecified atom stereocenters. The first kappa shape index (κ1) is 23.1. The number of amides is 1. The van der Waals surface area contributed by atoms with E-state index in [1.54, 1.807) is 19.9 Å². The highest BCUT2D eigenvalue weighted by atomic mass is 19.1. The zero-order valence-electron chi connectivity index (χ0n) is 19.0. The molecule has 0 saturated heterocycles. The van der Waals surface area contributed by atoms with Crippen LogP contribution in [0.4, 0.5) is 4.39 Å². The Morgan fingerprint density at radius 3 is 2.42 bits per heavy atom. The SMILES string of the molecule is CCNC(=O)c1noc(-c2cc(C(C)C)c(O)cc2O)c1C1CCC(C(C)(C)F)CC1. The minimum atomic E-state index is -1.24. The van der Waals surface area contributed by atoms with Crippen molar-refractivity contribution in [1.29, 1.82) is 0 Å². The normalized spacial score (nSPS) is 19.6. The molecule has 0 spiro atoms. The predicted octanol–water partition coefficient (Wildman–Crippen LogP) is 5.65. The summed E-state index contributed by atoms with van der Waals surface area (Å²) < 4.78 is 20.1. The lowest BCUT2D eigenvalue weighted by Gasteiger charge is -2.34. The maximum Gasteiger partial charge on any atom is 0.273 e. The number of rotatable bonds is 6. The lowest BCUT2D eigenvalue weighted by molar-refractivity contribution is 0.0882. The number of phenolic OH excluding ortho intramolecular Hbond substituents is 2. The first-order chi connectivity index (χ1) is 14.5. The first-order valence-corrected chi connectivity index (χ1v) is 11.1. The Morgan fingerprint density at radius 2 is 1.87 bits per heavy atom. The molecule has 0 radical (unpaired) electrons. The number of carbonyl (C=O) groups is 1. The van der Waals surface area contributed by atoms with Crippen LogP contribution in [0.2, 0.25) is 0 Å². The van der Waals surface area contributed by atoms with Crippen molar-refractivity contribution in [3.05, 3.63) is 29.0 Å². The zero-order valence-corrected chi connectivity index (χ0v) is 19.0. The largest absolute Gasteiger partial charge is 0.508 e. The summed E-state index contributed by atoms with van der Waals surface area (Å²) in [4.78, 5) is 12.7. The van der Waals surface area contributed by atoms with E-state index in [-0.39, 0.29) is 40.9 Å². The van der Waals surface area contributed by atoms with Gasteiger partial charge in [0.25, 0.3) is 5.91 Å². The second-order valence-electron chi connectivity index (χ2n) is 9.33. The molecule has 1 amide bonds. The number of halogens is 1. The van der Waals surface area contributed by atoms with Gasteiger partial charge in [0.05, 0.1) is 5.56 Å². The van der Waals surface area contributed by atoms with Crippen molar-refractivity contribution in [2.24, 2.45) is 5.92 Å². The number of benzene rings is 1. The van der Waals surface area contributed by atoms with Crippen LogP contribution in [-0.4, -0.2) is 33.5 Å². The molecule has 1 saturated carbocycles. The maximum absolute atomic E-state index is 14.5. The van der Waals surface area contributed by atoms with Gasteiger partial charge < -0.3 is 20.1 Å². The number of nitrogens with one attached hydrogen (secondary N) is 1. The van der Waals surface area contributed by atoms with Gasteiger partial charge in [0.15, 0.2) is 11.5 Å². The quantitative estimate of drug-likeness (QED) is 0.548. The molecule has 1 aromatic heterocycles. The van der Waals surface area contributed by atoms with Gasteiger partial charge in [-0.3, -0.25) is 4.79 Å². The van der Waals surface area contributed by atoms with Crippen LogP contribution in [0, 0.1) is 5.92 Å². The number of aromatic nitrogens is 1. The number of nitrogens with zero attached hydrogens (tertiary/aromatic N) is 1. The molecule has 0 bridgehead atoms. The molecule has 1 fully saturated rings. The number of carbonyl (C=O) groups excluding carboxylic acids is 1. The highest BCUT2D eigenvalue weighted by molar-refractivity contribution is 5.95. The Balaban J connectivity index is 2.07. The number of hydrogen-bond donors (Lipinski definition) is 3. The van der Waals surface area contributed by atoms with Crippen LogP contribution in [0.3, 0.4) is 0 Å². The average molecular weight is 433 g/mol. The number of phenols is 2. The summed E-state index contributed by atoms with van der Waals surface area (Å²) in [6.45, 7) is 9.39. The molecule has 1 heterocycles. The first-order valence-electron chi connectivity index (χ1n) is 11.1. The second kappa shape index (κ2) is 8.89.